The van der Waals surface area contributed by atoms with Gasteiger partial charge in [-0.15, -0.1) is 0 Å². The summed E-state index contributed by atoms with van der Waals surface area (Å²) in [5, 5.41) is 0. The van der Waals surface area contributed by atoms with Crippen molar-refractivity contribution in [3.8, 4) is 5.75 Å². The Morgan fingerprint density at radius 3 is 1.34 bits per heavy atom. The number of ether oxygens (including phenoxy) is 1. The predicted molar refractivity (Wildman–Crippen MR) is 151 cm³/mol. The van der Waals surface area contributed by atoms with E-state index in [1.165, 1.54) is 89.9 Å². The fraction of sp³-hybridized carbons (Fsp3) is 0.800. The number of unbranched alkanes of at least 4 members (excludes halogenated alkanes) is 14. The molecule has 5 heteroatoms. The van der Waals surface area contributed by atoms with Gasteiger partial charge in [0.1, 0.15) is 5.75 Å². The smallest absolute Gasteiger partial charge is 0.486 e. The van der Waals surface area contributed by atoms with Gasteiger partial charge in [0.05, 0.1) is 0 Å². The van der Waals surface area contributed by atoms with Crippen LogP contribution < -0.4 is 4.74 Å². The summed E-state index contributed by atoms with van der Waals surface area (Å²) in [6.45, 7) is 10.0. The van der Waals surface area contributed by atoms with Gasteiger partial charge in [0.15, 0.2) is 5.73 Å². The van der Waals surface area contributed by atoms with Gasteiger partial charge in [0.25, 0.3) is 0 Å². The average molecular weight is 509 g/mol. The molecule has 0 N–H and O–H groups in total. The lowest BCUT2D eigenvalue weighted by atomic mass is 10.0. The number of rotatable bonds is 25. The van der Waals surface area contributed by atoms with Gasteiger partial charge in [-0.25, -0.2) is 0 Å². The Morgan fingerprint density at radius 1 is 0.543 bits per heavy atom. The molecule has 0 aliphatic carbocycles. The molecular weight excluding hydrogens is 452 g/mol. The maximum atomic E-state index is 6.44. The van der Waals surface area contributed by atoms with Gasteiger partial charge in [-0.2, -0.15) is 0 Å². The number of hydrogen-bond donors (Lipinski definition) is 0. The van der Waals surface area contributed by atoms with E-state index in [1.54, 1.807) is 0 Å². The monoisotopic (exact) mass is 508 g/mol. The van der Waals surface area contributed by atoms with Crippen LogP contribution in [0.3, 0.4) is 0 Å². The van der Waals surface area contributed by atoms with Crippen molar-refractivity contribution >= 4 is 8.80 Å². The Morgan fingerprint density at radius 2 is 0.943 bits per heavy atom. The summed E-state index contributed by atoms with van der Waals surface area (Å²) in [6.07, 6.45) is 21.4. The van der Waals surface area contributed by atoms with E-state index in [0.717, 1.165) is 18.6 Å². The molecule has 1 aromatic carbocycles. The predicted octanol–water partition coefficient (Wildman–Crippen LogP) is 9.28. The highest BCUT2D eigenvalue weighted by molar-refractivity contribution is 6.62. The normalized spacial score (nSPS) is 12.7. The summed E-state index contributed by atoms with van der Waals surface area (Å²) in [5.74, 6) is 0.856. The highest BCUT2D eigenvalue weighted by atomic mass is 28.4. The number of benzene rings is 1. The second-order valence-electron chi connectivity index (χ2n) is 9.56. The minimum Gasteiger partial charge on any atom is -0.486 e. The first-order valence-corrected chi connectivity index (χ1v) is 16.7. The summed E-state index contributed by atoms with van der Waals surface area (Å²) in [6, 6.07) is 10.0. The van der Waals surface area contributed by atoms with Gasteiger partial charge in [0.2, 0.25) is 0 Å². The lowest BCUT2D eigenvalue weighted by Gasteiger charge is -2.35. The van der Waals surface area contributed by atoms with E-state index >= 15 is 0 Å². The van der Waals surface area contributed by atoms with Crippen LogP contribution in [-0.4, -0.2) is 34.4 Å². The minimum atomic E-state index is -2.94. The van der Waals surface area contributed by atoms with Crippen LogP contribution in [0.4, 0.5) is 0 Å². The molecule has 0 aromatic heterocycles. The molecule has 0 heterocycles. The van der Waals surface area contributed by atoms with Crippen LogP contribution in [0, 0.1) is 0 Å². The Kier molecular flexibility index (Phi) is 20.5. The Bertz CT molecular complexity index is 552. The van der Waals surface area contributed by atoms with Crippen LogP contribution >= 0.6 is 0 Å². The third-order valence-corrected chi connectivity index (χ3v) is 9.79. The van der Waals surface area contributed by atoms with E-state index in [9.17, 15) is 0 Å². The first-order chi connectivity index (χ1) is 17.2. The average Bonchev–Trinajstić information content (AvgIpc) is 2.86. The van der Waals surface area contributed by atoms with Crippen molar-refractivity contribution in [2.45, 2.75) is 136 Å². The van der Waals surface area contributed by atoms with E-state index in [4.69, 9.17) is 18.0 Å². The molecule has 0 aliphatic rings. The Balaban J connectivity index is 2.33. The molecular formula is C30H56O4Si. The summed E-state index contributed by atoms with van der Waals surface area (Å²) >= 11 is 0. The number of hydrogen-bond acceptors (Lipinski definition) is 4. The highest BCUT2D eigenvalue weighted by Gasteiger charge is 2.51. The molecule has 0 radical (unpaired) electrons. The van der Waals surface area contributed by atoms with Crippen LogP contribution in [0.25, 0.3) is 0 Å². The topological polar surface area (TPSA) is 36.9 Å². The van der Waals surface area contributed by atoms with Crippen molar-refractivity contribution in [3.05, 3.63) is 30.3 Å². The molecule has 1 atom stereocenters. The summed E-state index contributed by atoms with van der Waals surface area (Å²) < 4.78 is 25.0. The second-order valence-corrected chi connectivity index (χ2v) is 12.3. The zero-order valence-electron chi connectivity index (χ0n) is 23.5. The Hall–Kier alpha value is -0.883. The second kappa shape index (κ2) is 22.3. The van der Waals surface area contributed by atoms with Crippen molar-refractivity contribution < 1.29 is 18.0 Å². The molecule has 1 unspecified atom stereocenters. The van der Waals surface area contributed by atoms with Gasteiger partial charge in [-0.1, -0.05) is 115 Å². The van der Waals surface area contributed by atoms with Crippen LogP contribution in [0.2, 0.25) is 0 Å². The van der Waals surface area contributed by atoms with E-state index in [1.807, 2.05) is 51.1 Å². The van der Waals surface area contributed by atoms with Crippen molar-refractivity contribution in [3.63, 3.8) is 0 Å². The fourth-order valence-corrected chi connectivity index (χ4v) is 7.53. The highest BCUT2D eigenvalue weighted by Crippen LogP contribution is 2.26. The molecule has 0 saturated heterocycles. The minimum absolute atomic E-state index is 0.174. The number of para-hydroxylation sites is 1. The van der Waals surface area contributed by atoms with Gasteiger partial charge in [-0.3, -0.25) is 0 Å². The first kappa shape index (κ1) is 32.1. The molecule has 0 saturated carbocycles. The lowest BCUT2D eigenvalue weighted by Crippen LogP contribution is -2.59. The third kappa shape index (κ3) is 15.1. The largest absolute Gasteiger partial charge is 0.543 e. The molecule has 0 fully saturated rings. The standard InChI is InChI=1S/C30H56O4Si/c1-5-9-10-11-12-13-14-15-16-17-18-19-20-21-25-28-30(34-29-26-23-22-24-27-29)35(31-6-2,32-7-3)33-8-4/h22-24,26-27,30H,5-21,25,28H2,1-4H3. The van der Waals surface area contributed by atoms with Crippen molar-refractivity contribution in [2.75, 3.05) is 19.8 Å². The maximum absolute atomic E-state index is 6.44. The summed E-state index contributed by atoms with van der Waals surface area (Å²) in [5.41, 5.74) is -0.174. The zero-order valence-corrected chi connectivity index (χ0v) is 24.5. The van der Waals surface area contributed by atoms with Gasteiger partial charge in [0, 0.05) is 19.8 Å². The summed E-state index contributed by atoms with van der Waals surface area (Å²) in [7, 11) is -2.94. The Labute approximate surface area is 218 Å². The van der Waals surface area contributed by atoms with Crippen molar-refractivity contribution in [1.82, 2.24) is 0 Å². The molecule has 0 bridgehead atoms. The SMILES string of the molecule is CCCCCCCCCCCCCCCCCC(Oc1ccccc1)[Si](OCC)(OCC)OCC. The zero-order chi connectivity index (χ0) is 25.5. The molecule has 0 amide bonds. The van der Waals surface area contributed by atoms with Crippen LogP contribution in [0.15, 0.2) is 30.3 Å². The van der Waals surface area contributed by atoms with Crippen molar-refractivity contribution in [2.24, 2.45) is 0 Å². The molecule has 4 nitrogen and oxygen atoms in total. The lowest BCUT2D eigenvalue weighted by molar-refractivity contribution is 0.0265. The fourth-order valence-electron chi connectivity index (χ4n) is 4.68. The maximum Gasteiger partial charge on any atom is 0.543 e. The van der Waals surface area contributed by atoms with Crippen LogP contribution in [0.5, 0.6) is 5.75 Å². The van der Waals surface area contributed by atoms with Crippen molar-refractivity contribution in [1.29, 1.82) is 0 Å². The molecule has 0 spiro atoms. The molecule has 1 rings (SSSR count). The molecule has 0 aliphatic heterocycles. The van der Waals surface area contributed by atoms with E-state index in [-0.39, 0.29) is 5.73 Å². The van der Waals surface area contributed by atoms with Crippen LogP contribution in [-0.2, 0) is 13.3 Å². The summed E-state index contributed by atoms with van der Waals surface area (Å²) in [4.78, 5) is 0. The van der Waals surface area contributed by atoms with E-state index in [2.05, 4.69) is 6.92 Å². The van der Waals surface area contributed by atoms with E-state index in [0.29, 0.717) is 19.8 Å². The molecule has 204 valence electrons. The van der Waals surface area contributed by atoms with Gasteiger partial charge < -0.3 is 18.0 Å². The first-order valence-electron chi connectivity index (χ1n) is 14.9. The molecule has 1 aromatic rings. The van der Waals surface area contributed by atoms with E-state index < -0.39 is 8.80 Å². The molecule has 35 heavy (non-hydrogen) atoms. The van der Waals surface area contributed by atoms with Gasteiger partial charge in [-0.05, 0) is 45.7 Å². The third-order valence-electron chi connectivity index (χ3n) is 6.52. The van der Waals surface area contributed by atoms with Crippen LogP contribution in [0.1, 0.15) is 130 Å². The quantitative estimate of drug-likeness (QED) is 0.0974. The van der Waals surface area contributed by atoms with Gasteiger partial charge >= 0.3 is 8.80 Å².